The smallest absolute Gasteiger partial charge is 0.319 e. The van der Waals surface area contributed by atoms with Crippen LogP contribution in [0.1, 0.15) is 15.2 Å². The van der Waals surface area contributed by atoms with E-state index >= 15 is 0 Å². The van der Waals surface area contributed by atoms with Gasteiger partial charge >= 0.3 is 5.69 Å². The van der Waals surface area contributed by atoms with E-state index in [1.807, 2.05) is 0 Å². The van der Waals surface area contributed by atoms with Gasteiger partial charge in [-0.15, -0.1) is 11.3 Å². The van der Waals surface area contributed by atoms with Crippen LogP contribution in [0.3, 0.4) is 0 Å². The van der Waals surface area contributed by atoms with Crippen molar-refractivity contribution in [3.8, 4) is 0 Å². The van der Waals surface area contributed by atoms with Crippen LogP contribution in [0.25, 0.3) is 0 Å². The molecule has 0 atom stereocenters. The lowest BCUT2D eigenvalue weighted by Gasteiger charge is -2.04. The van der Waals surface area contributed by atoms with Gasteiger partial charge < -0.3 is 5.32 Å². The van der Waals surface area contributed by atoms with Gasteiger partial charge in [-0.05, 0) is 6.07 Å². The average molecular weight is 299 g/mol. The first-order chi connectivity index (χ1) is 9.09. The Kier molecular flexibility index (Phi) is 4.03. The van der Waals surface area contributed by atoms with Crippen LogP contribution < -0.4 is 5.32 Å². The molecule has 0 spiro atoms. The van der Waals surface area contributed by atoms with Crippen molar-refractivity contribution in [2.45, 2.75) is 6.54 Å². The van der Waals surface area contributed by atoms with Crippen LogP contribution in [0.5, 0.6) is 0 Å². The summed E-state index contributed by atoms with van der Waals surface area (Å²) >= 11 is 7.00. The fourth-order valence-electron chi connectivity index (χ4n) is 1.38. The van der Waals surface area contributed by atoms with Crippen molar-refractivity contribution in [2.24, 2.45) is 0 Å². The molecule has 0 radical (unpaired) electrons. The molecule has 2 aromatic rings. The predicted molar refractivity (Wildman–Crippen MR) is 69.2 cm³/mol. The maximum Gasteiger partial charge on any atom is 0.319 e. The predicted octanol–water partition coefficient (Wildman–Crippen LogP) is 2.03. The van der Waals surface area contributed by atoms with Crippen LogP contribution in [0.2, 0.25) is 5.15 Å². The van der Waals surface area contributed by atoms with Crippen LogP contribution in [0, 0.1) is 10.1 Å². The second-order valence-corrected chi connectivity index (χ2v) is 4.73. The maximum atomic E-state index is 11.9. The molecule has 0 bridgehead atoms. The molecule has 98 valence electrons. The third kappa shape index (κ3) is 3.04. The summed E-state index contributed by atoms with van der Waals surface area (Å²) in [6, 6.07) is 1.26. The van der Waals surface area contributed by atoms with Gasteiger partial charge in [-0.25, -0.2) is 4.98 Å². The van der Waals surface area contributed by atoms with Gasteiger partial charge in [0, 0.05) is 17.3 Å². The van der Waals surface area contributed by atoms with Gasteiger partial charge in [0.2, 0.25) is 5.15 Å². The molecule has 2 heterocycles. The first-order valence-electron chi connectivity index (χ1n) is 5.04. The number of thiazole rings is 1. The highest BCUT2D eigenvalue weighted by Gasteiger charge is 2.24. The Balaban J connectivity index is 2.19. The van der Waals surface area contributed by atoms with Gasteiger partial charge in [0.25, 0.3) is 5.91 Å². The molecule has 0 aromatic carbocycles. The zero-order chi connectivity index (χ0) is 13.8. The first-order valence-corrected chi connectivity index (χ1v) is 6.30. The number of aromatic nitrogens is 2. The van der Waals surface area contributed by atoms with E-state index in [0.29, 0.717) is 0 Å². The van der Waals surface area contributed by atoms with Crippen molar-refractivity contribution in [2.75, 3.05) is 0 Å². The molecule has 7 nitrogen and oxygen atoms in total. The molecule has 2 rings (SSSR count). The van der Waals surface area contributed by atoms with E-state index in [-0.39, 0.29) is 17.3 Å². The van der Waals surface area contributed by atoms with E-state index in [2.05, 4.69) is 15.3 Å². The number of rotatable bonds is 4. The maximum absolute atomic E-state index is 11.9. The molecule has 1 N–H and O–H groups in total. The van der Waals surface area contributed by atoms with E-state index in [0.717, 1.165) is 4.88 Å². The van der Waals surface area contributed by atoms with E-state index in [4.69, 9.17) is 11.6 Å². The number of nitrogens with zero attached hydrogens (tertiary/aromatic N) is 3. The Bertz CT molecular complexity index is 617. The SMILES string of the molecule is O=C(NCc1cncs1)c1ccnc(Cl)c1[N+](=O)[O-]. The van der Waals surface area contributed by atoms with Gasteiger partial charge in [-0.3, -0.25) is 19.9 Å². The van der Waals surface area contributed by atoms with Crippen molar-refractivity contribution in [1.82, 2.24) is 15.3 Å². The van der Waals surface area contributed by atoms with Crippen molar-refractivity contribution in [1.29, 1.82) is 0 Å². The highest BCUT2D eigenvalue weighted by atomic mass is 35.5. The molecular formula is C10H7ClN4O3S. The molecule has 0 aliphatic heterocycles. The summed E-state index contributed by atoms with van der Waals surface area (Å²) in [5.74, 6) is -0.579. The first kappa shape index (κ1) is 13.4. The summed E-state index contributed by atoms with van der Waals surface area (Å²) < 4.78 is 0. The number of hydrogen-bond donors (Lipinski definition) is 1. The highest BCUT2D eigenvalue weighted by Crippen LogP contribution is 2.25. The molecule has 1 amide bonds. The highest BCUT2D eigenvalue weighted by molar-refractivity contribution is 7.09. The largest absolute Gasteiger partial charge is 0.347 e. The number of carbonyl (C=O) groups excluding carboxylic acids is 1. The van der Waals surface area contributed by atoms with E-state index < -0.39 is 16.5 Å². The number of carbonyl (C=O) groups is 1. The Labute approximate surface area is 116 Å². The van der Waals surface area contributed by atoms with Crippen LogP contribution in [0.15, 0.2) is 24.0 Å². The fourth-order valence-corrected chi connectivity index (χ4v) is 2.14. The summed E-state index contributed by atoms with van der Waals surface area (Å²) in [4.78, 5) is 30.3. The Morgan fingerprint density at radius 2 is 2.37 bits per heavy atom. The van der Waals surface area contributed by atoms with Crippen molar-refractivity contribution < 1.29 is 9.72 Å². The zero-order valence-electron chi connectivity index (χ0n) is 9.37. The molecule has 19 heavy (non-hydrogen) atoms. The second kappa shape index (κ2) is 5.72. The normalized spacial score (nSPS) is 10.2. The minimum Gasteiger partial charge on any atom is -0.347 e. The lowest BCUT2D eigenvalue weighted by molar-refractivity contribution is -0.385. The van der Waals surface area contributed by atoms with Crippen LogP contribution in [-0.4, -0.2) is 20.8 Å². The Morgan fingerprint density at radius 3 is 3.00 bits per heavy atom. The van der Waals surface area contributed by atoms with E-state index in [1.165, 1.54) is 23.6 Å². The quantitative estimate of drug-likeness (QED) is 0.529. The second-order valence-electron chi connectivity index (χ2n) is 3.41. The molecule has 0 unspecified atom stereocenters. The van der Waals surface area contributed by atoms with Crippen LogP contribution >= 0.6 is 22.9 Å². The monoisotopic (exact) mass is 298 g/mol. The van der Waals surface area contributed by atoms with Crippen molar-refractivity contribution >= 4 is 34.5 Å². The fraction of sp³-hybridized carbons (Fsp3) is 0.100. The number of nitrogens with one attached hydrogen (secondary N) is 1. The van der Waals surface area contributed by atoms with Crippen molar-refractivity contribution in [3.05, 3.63) is 49.7 Å². The molecule has 0 saturated carbocycles. The molecular weight excluding hydrogens is 292 g/mol. The number of amides is 1. The van der Waals surface area contributed by atoms with Crippen LogP contribution in [-0.2, 0) is 6.54 Å². The zero-order valence-corrected chi connectivity index (χ0v) is 10.9. The summed E-state index contributed by atoms with van der Waals surface area (Å²) in [6.45, 7) is 0.251. The van der Waals surface area contributed by atoms with Gasteiger partial charge in [0.05, 0.1) is 17.0 Å². The summed E-state index contributed by atoms with van der Waals surface area (Å²) in [7, 11) is 0. The van der Waals surface area contributed by atoms with Gasteiger partial charge in [0.15, 0.2) is 0 Å². The van der Waals surface area contributed by atoms with Crippen LogP contribution in [0.4, 0.5) is 5.69 Å². The number of pyridine rings is 1. The molecule has 0 aliphatic carbocycles. The molecule has 9 heteroatoms. The number of nitro groups is 1. The molecule has 0 saturated heterocycles. The standard InChI is InChI=1S/C10H7ClN4O3S/c11-9-8(15(17)18)7(1-2-13-9)10(16)14-4-6-3-12-5-19-6/h1-3,5H,4H2,(H,14,16). The van der Waals surface area contributed by atoms with Crippen molar-refractivity contribution in [3.63, 3.8) is 0 Å². The lowest BCUT2D eigenvalue weighted by atomic mass is 10.2. The minimum absolute atomic E-state index is 0.116. The average Bonchev–Trinajstić information content (AvgIpc) is 2.88. The molecule has 0 fully saturated rings. The third-order valence-corrected chi connectivity index (χ3v) is 3.27. The van der Waals surface area contributed by atoms with Gasteiger partial charge in [0.1, 0.15) is 5.56 Å². The molecule has 0 aliphatic rings. The number of hydrogen-bond acceptors (Lipinski definition) is 6. The van der Waals surface area contributed by atoms with E-state index in [9.17, 15) is 14.9 Å². The Hall–Kier alpha value is -2.06. The number of halogens is 1. The minimum atomic E-state index is -0.725. The van der Waals surface area contributed by atoms with Gasteiger partial charge in [-0.2, -0.15) is 0 Å². The summed E-state index contributed by atoms with van der Waals surface area (Å²) in [6.07, 6.45) is 2.86. The summed E-state index contributed by atoms with van der Waals surface area (Å²) in [5, 5.41) is 13.1. The summed E-state index contributed by atoms with van der Waals surface area (Å²) in [5.41, 5.74) is 1.02. The topological polar surface area (TPSA) is 98.0 Å². The lowest BCUT2D eigenvalue weighted by Crippen LogP contribution is -2.23. The molecule has 2 aromatic heterocycles. The Morgan fingerprint density at radius 1 is 1.58 bits per heavy atom. The van der Waals surface area contributed by atoms with Gasteiger partial charge in [-0.1, -0.05) is 11.6 Å². The third-order valence-electron chi connectivity index (χ3n) is 2.21. The van der Waals surface area contributed by atoms with E-state index in [1.54, 1.807) is 11.7 Å².